The van der Waals surface area contributed by atoms with Crippen LogP contribution in [-0.4, -0.2) is 56.3 Å². The number of phenols is 1. The van der Waals surface area contributed by atoms with E-state index in [2.05, 4.69) is 30.7 Å². The normalized spacial score (nSPS) is 14.4. The van der Waals surface area contributed by atoms with Gasteiger partial charge in [-0.25, -0.2) is 9.97 Å². The molecule has 4 aromatic rings. The lowest BCUT2D eigenvalue weighted by Gasteiger charge is -2.40. The topological polar surface area (TPSA) is 110 Å². The Hall–Kier alpha value is -4.37. The molecule has 0 unspecified atom stereocenters. The predicted octanol–water partition coefficient (Wildman–Crippen LogP) is 7.11. The number of ether oxygens (including phenoxy) is 1. The summed E-state index contributed by atoms with van der Waals surface area (Å²) in [6.07, 6.45) is 3.96. The van der Waals surface area contributed by atoms with Gasteiger partial charge in [-0.1, -0.05) is 57.2 Å². The maximum atomic E-state index is 13.8. The van der Waals surface area contributed by atoms with E-state index in [1.165, 1.54) is 11.3 Å². The molecule has 2 aromatic carbocycles. The van der Waals surface area contributed by atoms with Crippen molar-refractivity contribution in [3.63, 3.8) is 0 Å². The van der Waals surface area contributed by atoms with Crippen molar-refractivity contribution in [2.45, 2.75) is 65.4 Å². The fourth-order valence-corrected chi connectivity index (χ4v) is 6.28. The highest BCUT2D eigenvalue weighted by molar-refractivity contribution is 7.14. The van der Waals surface area contributed by atoms with Crippen molar-refractivity contribution in [3.05, 3.63) is 88.4 Å². The van der Waals surface area contributed by atoms with E-state index >= 15 is 0 Å². The standard InChI is InChI=1S/C37H41N3O5S/c1-36(2,3)32-16-15-31(46-32)30(42)18-26(34(43)40-21-28(22-40)35(44)45-37(4,5)6)17-23-7-9-25(10-8-23)33-38-19-27(20-39-33)24-11-13-29(41)14-12-24/h7-16,19-20,26,28,41H,17-18,21-22H2,1-6H3/t26-/m1/s1. The summed E-state index contributed by atoms with van der Waals surface area (Å²) in [5, 5.41) is 9.55. The summed E-state index contributed by atoms with van der Waals surface area (Å²) in [7, 11) is 0. The van der Waals surface area contributed by atoms with Crippen molar-refractivity contribution >= 4 is 29.0 Å². The number of aromatic nitrogens is 2. The Morgan fingerprint density at radius 3 is 2.04 bits per heavy atom. The minimum atomic E-state index is -0.588. The molecule has 1 aliphatic rings. The molecular formula is C37H41N3O5S. The molecular weight excluding hydrogens is 598 g/mol. The summed E-state index contributed by atoms with van der Waals surface area (Å²) >= 11 is 1.48. The Labute approximate surface area is 274 Å². The van der Waals surface area contributed by atoms with Gasteiger partial charge in [0.2, 0.25) is 5.91 Å². The van der Waals surface area contributed by atoms with Gasteiger partial charge < -0.3 is 14.7 Å². The quantitative estimate of drug-likeness (QED) is 0.154. The van der Waals surface area contributed by atoms with Crippen molar-refractivity contribution in [2.75, 3.05) is 13.1 Å². The number of carbonyl (C=O) groups is 3. The number of nitrogens with zero attached hydrogens (tertiary/aromatic N) is 3. The number of ketones is 1. The second kappa shape index (κ2) is 13.2. The number of Topliss-reactive ketones (excluding diaryl/α,β-unsaturated/α-hetero) is 1. The first-order valence-electron chi connectivity index (χ1n) is 15.5. The van der Waals surface area contributed by atoms with E-state index in [9.17, 15) is 19.5 Å². The van der Waals surface area contributed by atoms with Gasteiger partial charge in [-0.05, 0) is 68.0 Å². The van der Waals surface area contributed by atoms with Crippen LogP contribution in [0.3, 0.4) is 0 Å². The lowest BCUT2D eigenvalue weighted by Crippen LogP contribution is -2.56. The van der Waals surface area contributed by atoms with Crippen LogP contribution in [-0.2, 0) is 26.2 Å². The minimum absolute atomic E-state index is 0.0539. The van der Waals surface area contributed by atoms with Crippen LogP contribution in [0.25, 0.3) is 22.5 Å². The molecule has 0 radical (unpaired) electrons. The fraction of sp³-hybridized carbons (Fsp3) is 0.378. The van der Waals surface area contributed by atoms with Gasteiger partial charge in [0, 0.05) is 53.8 Å². The number of aromatic hydroxyl groups is 1. The zero-order chi connectivity index (χ0) is 33.2. The van der Waals surface area contributed by atoms with Gasteiger partial charge in [-0.2, -0.15) is 0 Å². The molecule has 46 heavy (non-hydrogen) atoms. The van der Waals surface area contributed by atoms with Crippen molar-refractivity contribution in [2.24, 2.45) is 11.8 Å². The van der Waals surface area contributed by atoms with Gasteiger partial charge in [0.25, 0.3) is 0 Å². The number of amides is 1. The Balaban J connectivity index is 1.30. The van der Waals surface area contributed by atoms with Crippen molar-refractivity contribution < 1.29 is 24.2 Å². The molecule has 1 atom stereocenters. The molecule has 9 heteroatoms. The number of likely N-dealkylation sites (tertiary alicyclic amines) is 1. The van der Waals surface area contributed by atoms with Crippen LogP contribution >= 0.6 is 11.3 Å². The molecule has 0 aliphatic carbocycles. The lowest BCUT2D eigenvalue weighted by atomic mass is 9.89. The monoisotopic (exact) mass is 639 g/mol. The SMILES string of the molecule is CC(C)(C)OC(=O)C1CN(C(=O)[C@@H](CC(=O)c2ccc(C(C)(C)C)s2)Cc2ccc(-c3ncc(-c4ccc(O)cc4)cn3)cc2)C1. The number of hydrogen-bond donors (Lipinski definition) is 1. The third-order valence-electron chi connectivity index (χ3n) is 7.88. The molecule has 1 fully saturated rings. The fourth-order valence-electron chi connectivity index (χ4n) is 5.27. The third-order valence-corrected chi connectivity index (χ3v) is 9.43. The molecule has 3 heterocycles. The van der Waals surface area contributed by atoms with Crippen molar-refractivity contribution in [3.8, 4) is 28.3 Å². The van der Waals surface area contributed by atoms with Crippen LogP contribution < -0.4 is 0 Å². The Kier molecular flexibility index (Phi) is 9.44. The van der Waals surface area contributed by atoms with Crippen LogP contribution in [0, 0.1) is 11.8 Å². The predicted molar refractivity (Wildman–Crippen MR) is 180 cm³/mol. The lowest BCUT2D eigenvalue weighted by molar-refractivity contribution is -0.168. The van der Waals surface area contributed by atoms with Crippen LogP contribution in [0.15, 0.2) is 73.1 Å². The average Bonchev–Trinajstić information content (AvgIpc) is 3.48. The molecule has 2 aromatic heterocycles. The zero-order valence-corrected chi connectivity index (χ0v) is 28.1. The van der Waals surface area contributed by atoms with E-state index in [0.717, 1.165) is 27.1 Å². The largest absolute Gasteiger partial charge is 0.508 e. The van der Waals surface area contributed by atoms with E-state index in [0.29, 0.717) is 30.2 Å². The van der Waals surface area contributed by atoms with Crippen LogP contribution in [0.5, 0.6) is 5.75 Å². The first-order valence-corrected chi connectivity index (χ1v) is 16.3. The summed E-state index contributed by atoms with van der Waals surface area (Å²) in [6, 6.07) is 18.5. The molecule has 1 aliphatic heterocycles. The number of carbonyl (C=O) groups excluding carboxylic acids is 3. The first-order chi connectivity index (χ1) is 21.7. The van der Waals surface area contributed by atoms with E-state index in [-0.39, 0.29) is 41.2 Å². The zero-order valence-electron chi connectivity index (χ0n) is 27.2. The van der Waals surface area contributed by atoms with E-state index in [1.807, 2.05) is 69.3 Å². The number of thiophene rings is 1. The van der Waals surface area contributed by atoms with Gasteiger partial charge in [-0.3, -0.25) is 14.4 Å². The molecule has 1 saturated heterocycles. The second-order valence-electron chi connectivity index (χ2n) is 14.0. The summed E-state index contributed by atoms with van der Waals surface area (Å²) in [4.78, 5) is 52.3. The Morgan fingerprint density at radius 2 is 1.48 bits per heavy atom. The molecule has 1 N–H and O–H groups in total. The molecule has 0 bridgehead atoms. The van der Waals surface area contributed by atoms with Crippen molar-refractivity contribution in [1.29, 1.82) is 0 Å². The van der Waals surface area contributed by atoms with Crippen LogP contribution in [0.1, 0.15) is 68.1 Å². The molecule has 5 rings (SSSR count). The van der Waals surface area contributed by atoms with Gasteiger partial charge in [-0.15, -0.1) is 11.3 Å². The Bertz CT molecular complexity index is 1690. The van der Waals surface area contributed by atoms with E-state index < -0.39 is 11.5 Å². The summed E-state index contributed by atoms with van der Waals surface area (Å²) in [6.45, 7) is 12.4. The summed E-state index contributed by atoms with van der Waals surface area (Å²) in [5.74, 6) is -0.639. The molecule has 0 spiro atoms. The minimum Gasteiger partial charge on any atom is -0.508 e. The number of hydrogen-bond acceptors (Lipinski definition) is 8. The number of rotatable bonds is 9. The second-order valence-corrected chi connectivity index (χ2v) is 15.0. The van der Waals surface area contributed by atoms with Crippen LogP contribution in [0.4, 0.5) is 0 Å². The summed E-state index contributed by atoms with van der Waals surface area (Å²) in [5.41, 5.74) is 2.84. The maximum Gasteiger partial charge on any atom is 0.313 e. The molecule has 1 amide bonds. The van der Waals surface area contributed by atoms with Gasteiger partial charge in [0.15, 0.2) is 11.6 Å². The van der Waals surface area contributed by atoms with E-state index in [4.69, 9.17) is 4.74 Å². The number of phenolic OH excluding ortho intramolecular Hbond substituents is 1. The Morgan fingerprint density at radius 1 is 0.870 bits per heavy atom. The van der Waals surface area contributed by atoms with Gasteiger partial charge in [0.1, 0.15) is 11.4 Å². The highest BCUT2D eigenvalue weighted by Crippen LogP contribution is 2.32. The molecule has 0 saturated carbocycles. The summed E-state index contributed by atoms with van der Waals surface area (Å²) < 4.78 is 5.51. The molecule has 8 nitrogen and oxygen atoms in total. The van der Waals surface area contributed by atoms with Crippen molar-refractivity contribution in [1.82, 2.24) is 14.9 Å². The average molecular weight is 640 g/mol. The van der Waals surface area contributed by atoms with Crippen LogP contribution in [0.2, 0.25) is 0 Å². The number of esters is 1. The molecule has 240 valence electrons. The highest BCUT2D eigenvalue weighted by Gasteiger charge is 2.41. The number of benzene rings is 2. The third kappa shape index (κ3) is 8.07. The first kappa shape index (κ1) is 33.0. The van der Waals surface area contributed by atoms with Gasteiger partial charge in [0.05, 0.1) is 10.8 Å². The highest BCUT2D eigenvalue weighted by atomic mass is 32.1. The maximum absolute atomic E-state index is 13.8. The van der Waals surface area contributed by atoms with E-state index in [1.54, 1.807) is 29.4 Å². The van der Waals surface area contributed by atoms with Gasteiger partial charge >= 0.3 is 5.97 Å². The smallest absolute Gasteiger partial charge is 0.313 e.